The van der Waals surface area contributed by atoms with Gasteiger partial charge in [0.05, 0.1) is 0 Å². The molecule has 0 saturated heterocycles. The van der Waals surface area contributed by atoms with Crippen molar-refractivity contribution >= 4 is 15.7 Å². The van der Waals surface area contributed by atoms with Gasteiger partial charge in [0.2, 0.25) is 10.0 Å². The minimum absolute atomic E-state index is 0.0461. The monoisotopic (exact) mass is 266 g/mol. The summed E-state index contributed by atoms with van der Waals surface area (Å²) in [4.78, 5) is -0.714. The lowest BCUT2D eigenvalue weighted by molar-refractivity contribution is 0.289. The molecule has 0 unspecified atom stereocenters. The second-order valence-corrected chi connectivity index (χ2v) is 4.98. The first-order valence-corrected chi connectivity index (χ1v) is 6.22. The van der Waals surface area contributed by atoms with Gasteiger partial charge in [-0.2, -0.15) is 0 Å². The average molecular weight is 266 g/mol. The number of rotatable bonds is 5. The first kappa shape index (κ1) is 13.8. The van der Waals surface area contributed by atoms with E-state index in [0.717, 1.165) is 12.1 Å². The van der Waals surface area contributed by atoms with Gasteiger partial charge in [-0.05, 0) is 18.6 Å². The van der Waals surface area contributed by atoms with Gasteiger partial charge in [0.25, 0.3) is 0 Å². The largest absolute Gasteiger partial charge is 0.396 e. The normalized spacial score (nSPS) is 11.7. The Morgan fingerprint density at radius 2 is 2.00 bits per heavy atom. The van der Waals surface area contributed by atoms with E-state index in [1.54, 1.807) is 0 Å². The highest BCUT2D eigenvalue weighted by molar-refractivity contribution is 7.89. The molecule has 0 amide bonds. The van der Waals surface area contributed by atoms with E-state index in [1.165, 1.54) is 0 Å². The van der Waals surface area contributed by atoms with Crippen molar-refractivity contribution in [2.45, 2.75) is 11.3 Å². The van der Waals surface area contributed by atoms with E-state index in [1.807, 2.05) is 0 Å². The van der Waals surface area contributed by atoms with Crippen molar-refractivity contribution in [2.75, 3.05) is 18.9 Å². The van der Waals surface area contributed by atoms with Crippen molar-refractivity contribution in [3.63, 3.8) is 0 Å². The maximum absolute atomic E-state index is 13.4. The van der Waals surface area contributed by atoms with Crippen LogP contribution in [0.5, 0.6) is 0 Å². The van der Waals surface area contributed by atoms with E-state index in [0.29, 0.717) is 0 Å². The smallest absolute Gasteiger partial charge is 0.243 e. The molecule has 0 saturated carbocycles. The number of halogens is 2. The molecule has 96 valence electrons. The maximum Gasteiger partial charge on any atom is 0.243 e. The number of nitrogens with two attached hydrogens (primary N) is 1. The highest BCUT2D eigenvalue weighted by atomic mass is 32.2. The lowest BCUT2D eigenvalue weighted by Crippen LogP contribution is -2.26. The van der Waals surface area contributed by atoms with Crippen LogP contribution in [-0.4, -0.2) is 26.7 Å². The third kappa shape index (κ3) is 3.11. The van der Waals surface area contributed by atoms with Crippen LogP contribution in [0.25, 0.3) is 0 Å². The summed E-state index contributed by atoms with van der Waals surface area (Å²) in [5.41, 5.74) is 4.21. The lowest BCUT2D eigenvalue weighted by Gasteiger charge is -2.08. The van der Waals surface area contributed by atoms with Gasteiger partial charge in [0.15, 0.2) is 5.82 Å². The Hall–Kier alpha value is -1.25. The molecule has 0 heterocycles. The molecule has 0 aliphatic rings. The lowest BCUT2D eigenvalue weighted by atomic mass is 10.3. The summed E-state index contributed by atoms with van der Waals surface area (Å²) >= 11 is 0. The fourth-order valence-electron chi connectivity index (χ4n) is 1.12. The number of nitrogens with one attached hydrogen (secondary N) is 1. The summed E-state index contributed by atoms with van der Waals surface area (Å²) in [5.74, 6) is -2.33. The second kappa shape index (κ2) is 5.39. The number of nitrogen functional groups attached to an aromatic ring is 1. The van der Waals surface area contributed by atoms with E-state index in [-0.39, 0.29) is 19.6 Å². The van der Waals surface area contributed by atoms with E-state index >= 15 is 0 Å². The molecule has 17 heavy (non-hydrogen) atoms. The SMILES string of the molecule is Nc1c(F)ccc(S(=O)(=O)NCCCO)c1F. The van der Waals surface area contributed by atoms with Crippen LogP contribution in [0.3, 0.4) is 0 Å². The van der Waals surface area contributed by atoms with Gasteiger partial charge in [-0.3, -0.25) is 0 Å². The standard InChI is InChI=1S/C9H12F2N2O3S/c10-6-2-3-7(8(11)9(6)12)17(15,16)13-4-1-5-14/h2-3,13-14H,1,4-5,12H2. The van der Waals surface area contributed by atoms with Crippen LogP contribution in [0, 0.1) is 11.6 Å². The number of anilines is 1. The van der Waals surface area contributed by atoms with Crippen LogP contribution in [-0.2, 0) is 10.0 Å². The van der Waals surface area contributed by atoms with Crippen LogP contribution in [0.1, 0.15) is 6.42 Å². The van der Waals surface area contributed by atoms with Crippen LogP contribution in [0.2, 0.25) is 0 Å². The molecule has 1 aromatic carbocycles. The highest BCUT2D eigenvalue weighted by Crippen LogP contribution is 2.22. The zero-order valence-electron chi connectivity index (χ0n) is 8.78. The Morgan fingerprint density at radius 1 is 1.35 bits per heavy atom. The molecule has 8 heteroatoms. The maximum atomic E-state index is 13.4. The minimum Gasteiger partial charge on any atom is -0.396 e. The predicted molar refractivity (Wildman–Crippen MR) is 57.7 cm³/mol. The third-order valence-corrected chi connectivity index (χ3v) is 3.49. The van der Waals surface area contributed by atoms with Crippen molar-refractivity contribution in [1.29, 1.82) is 0 Å². The molecule has 0 aliphatic carbocycles. The van der Waals surface area contributed by atoms with Gasteiger partial charge >= 0.3 is 0 Å². The molecule has 1 rings (SSSR count). The second-order valence-electron chi connectivity index (χ2n) is 3.25. The van der Waals surface area contributed by atoms with Gasteiger partial charge in [-0.25, -0.2) is 21.9 Å². The van der Waals surface area contributed by atoms with Gasteiger partial charge in [0.1, 0.15) is 16.4 Å². The summed E-state index contributed by atoms with van der Waals surface area (Å²) in [5, 5.41) is 8.49. The van der Waals surface area contributed by atoms with Gasteiger partial charge in [-0.15, -0.1) is 0 Å². The molecule has 4 N–H and O–H groups in total. The zero-order valence-corrected chi connectivity index (χ0v) is 9.60. The van der Waals surface area contributed by atoms with Crippen LogP contribution in [0.4, 0.5) is 14.5 Å². The topological polar surface area (TPSA) is 92.4 Å². The van der Waals surface area contributed by atoms with E-state index in [4.69, 9.17) is 10.8 Å². The van der Waals surface area contributed by atoms with E-state index in [9.17, 15) is 17.2 Å². The molecule has 0 bridgehead atoms. The first-order valence-electron chi connectivity index (χ1n) is 4.74. The Labute approximate surface area is 97.3 Å². The average Bonchev–Trinajstić information content (AvgIpc) is 2.26. The number of hydrogen-bond donors (Lipinski definition) is 3. The Morgan fingerprint density at radius 3 is 2.59 bits per heavy atom. The molecule has 0 aliphatic heterocycles. The summed E-state index contributed by atoms with van der Waals surface area (Å²) in [6.07, 6.45) is 0.192. The predicted octanol–water partition coefficient (Wildman–Crippen LogP) is 0.208. The molecule has 0 fully saturated rings. The van der Waals surface area contributed by atoms with Crippen molar-refractivity contribution in [3.8, 4) is 0 Å². The fourth-order valence-corrected chi connectivity index (χ4v) is 2.28. The Balaban J connectivity index is 3.04. The number of aliphatic hydroxyl groups is 1. The highest BCUT2D eigenvalue weighted by Gasteiger charge is 2.21. The molecule has 0 spiro atoms. The summed E-state index contributed by atoms with van der Waals surface area (Å²) < 4.78 is 51.5. The van der Waals surface area contributed by atoms with Gasteiger partial charge < -0.3 is 10.8 Å². The van der Waals surface area contributed by atoms with Crippen molar-refractivity contribution < 1.29 is 22.3 Å². The molecule has 0 atom stereocenters. The molecule has 1 aromatic rings. The summed E-state index contributed by atoms with van der Waals surface area (Å²) in [7, 11) is -4.09. The van der Waals surface area contributed by atoms with Crippen LogP contribution < -0.4 is 10.5 Å². The quantitative estimate of drug-likeness (QED) is 0.524. The number of hydrogen-bond acceptors (Lipinski definition) is 4. The fraction of sp³-hybridized carbons (Fsp3) is 0.333. The minimum atomic E-state index is -4.09. The van der Waals surface area contributed by atoms with Crippen molar-refractivity contribution in [2.24, 2.45) is 0 Å². The molecular weight excluding hydrogens is 254 g/mol. The molecule has 0 aromatic heterocycles. The Bertz CT molecular complexity index is 505. The van der Waals surface area contributed by atoms with Crippen molar-refractivity contribution in [3.05, 3.63) is 23.8 Å². The molecule has 0 radical (unpaired) electrons. The summed E-state index contributed by atoms with van der Waals surface area (Å²) in [6, 6.07) is 1.57. The Kier molecular flexibility index (Phi) is 4.38. The number of sulfonamides is 1. The summed E-state index contributed by atoms with van der Waals surface area (Å²) in [6.45, 7) is -0.244. The van der Waals surface area contributed by atoms with Crippen LogP contribution in [0.15, 0.2) is 17.0 Å². The van der Waals surface area contributed by atoms with Gasteiger partial charge in [-0.1, -0.05) is 0 Å². The number of aliphatic hydroxyl groups excluding tert-OH is 1. The third-order valence-electron chi connectivity index (χ3n) is 2.01. The number of benzene rings is 1. The first-order chi connectivity index (χ1) is 7.90. The van der Waals surface area contributed by atoms with E-state index < -0.39 is 32.2 Å². The molecular formula is C9H12F2N2O3S. The molecule has 5 nitrogen and oxygen atoms in total. The van der Waals surface area contributed by atoms with Crippen LogP contribution >= 0.6 is 0 Å². The van der Waals surface area contributed by atoms with Gasteiger partial charge in [0, 0.05) is 13.2 Å². The zero-order chi connectivity index (χ0) is 13.1. The van der Waals surface area contributed by atoms with E-state index in [2.05, 4.69) is 4.72 Å². The van der Waals surface area contributed by atoms with Crippen molar-refractivity contribution in [1.82, 2.24) is 4.72 Å².